The van der Waals surface area contributed by atoms with E-state index in [4.69, 9.17) is 0 Å². The van der Waals surface area contributed by atoms with Crippen LogP contribution in [0.2, 0.25) is 0 Å². The Balaban J connectivity index is 1.97. The Hall–Kier alpha value is -2.59. The maximum absolute atomic E-state index is 12.6. The first-order valence-corrected chi connectivity index (χ1v) is 8.78. The highest BCUT2D eigenvalue weighted by Crippen LogP contribution is 2.30. The third kappa shape index (κ3) is 4.96. The largest absolute Gasteiger partial charge is 0.416 e. The summed E-state index contributed by atoms with van der Waals surface area (Å²) < 4.78 is 63.4. The smallest absolute Gasteiger partial charge is 0.299 e. The Morgan fingerprint density at radius 2 is 1.73 bits per heavy atom. The highest BCUT2D eigenvalue weighted by Gasteiger charge is 2.30. The fraction of sp³-hybridized carbons (Fsp3) is 0.188. The van der Waals surface area contributed by atoms with Crippen LogP contribution in [-0.4, -0.2) is 32.2 Å². The summed E-state index contributed by atoms with van der Waals surface area (Å²) in [7, 11) is -2.62. The molecule has 2 rings (SSSR count). The second kappa shape index (κ2) is 7.75. The highest BCUT2D eigenvalue weighted by atomic mass is 32.2. The van der Waals surface area contributed by atoms with Gasteiger partial charge in [0.1, 0.15) is 0 Å². The number of hydrogen-bond acceptors (Lipinski definition) is 4. The molecule has 0 aliphatic carbocycles. The Bertz CT molecular complexity index is 871. The van der Waals surface area contributed by atoms with Gasteiger partial charge >= 0.3 is 6.18 Å². The van der Waals surface area contributed by atoms with Gasteiger partial charge in [0.25, 0.3) is 5.91 Å². The molecule has 0 unspecified atom stereocenters. The second-order valence-electron chi connectivity index (χ2n) is 5.33. The number of nitrogens with zero attached hydrogens (tertiary/aromatic N) is 1. The summed E-state index contributed by atoms with van der Waals surface area (Å²) in [5.41, 5.74) is 3.64. The van der Waals surface area contributed by atoms with Crippen molar-refractivity contribution in [3.63, 3.8) is 0 Å². The van der Waals surface area contributed by atoms with Gasteiger partial charge in [0, 0.05) is 7.05 Å². The second-order valence-corrected chi connectivity index (χ2v) is 7.37. The van der Waals surface area contributed by atoms with Gasteiger partial charge in [0.05, 0.1) is 22.7 Å². The fourth-order valence-electron chi connectivity index (χ4n) is 2.01. The lowest BCUT2D eigenvalue weighted by Gasteiger charge is -2.17. The lowest BCUT2D eigenvalue weighted by molar-refractivity contribution is -0.137. The average Bonchev–Trinajstić information content (AvgIpc) is 2.60. The number of sulfonamides is 1. The number of anilines is 1. The number of nitrogens with one attached hydrogen (secondary N) is 2. The van der Waals surface area contributed by atoms with Crippen LogP contribution in [0.3, 0.4) is 0 Å². The van der Waals surface area contributed by atoms with E-state index in [-0.39, 0.29) is 10.6 Å². The molecule has 0 fully saturated rings. The van der Waals surface area contributed by atoms with Crippen LogP contribution in [0.1, 0.15) is 5.56 Å². The Morgan fingerprint density at radius 3 is 2.35 bits per heavy atom. The van der Waals surface area contributed by atoms with Crippen LogP contribution in [0.4, 0.5) is 18.9 Å². The van der Waals surface area contributed by atoms with Gasteiger partial charge in [-0.15, -0.1) is 0 Å². The van der Waals surface area contributed by atoms with Crippen LogP contribution in [0.25, 0.3) is 0 Å². The topological polar surface area (TPSA) is 78.5 Å². The zero-order chi connectivity index (χ0) is 19.4. The quantitative estimate of drug-likeness (QED) is 0.747. The van der Waals surface area contributed by atoms with Crippen LogP contribution in [-0.2, 0) is 21.0 Å². The Labute approximate surface area is 148 Å². The van der Waals surface area contributed by atoms with Gasteiger partial charge in [0.15, 0.2) is 0 Å². The van der Waals surface area contributed by atoms with Crippen molar-refractivity contribution in [3.05, 3.63) is 60.2 Å². The molecule has 2 aromatic rings. The van der Waals surface area contributed by atoms with Crippen molar-refractivity contribution in [3.8, 4) is 0 Å². The summed E-state index contributed by atoms with van der Waals surface area (Å²) in [6.07, 6.45) is -4.51. The van der Waals surface area contributed by atoms with Crippen LogP contribution >= 0.6 is 0 Å². The third-order valence-corrected chi connectivity index (χ3v) is 5.17. The molecule has 2 N–H and O–H groups in total. The number of likely N-dealkylation sites (N-methyl/N-ethyl adjacent to an activating group) is 1. The fourth-order valence-corrected chi connectivity index (χ4v) is 3.16. The van der Waals surface area contributed by atoms with Crippen LogP contribution < -0.4 is 10.9 Å². The number of rotatable bonds is 6. The molecule has 2 aromatic carbocycles. The number of alkyl halides is 3. The number of carbonyl (C=O) groups is 1. The van der Waals surface area contributed by atoms with E-state index in [1.54, 1.807) is 18.2 Å². The molecule has 0 aliphatic heterocycles. The Kier molecular flexibility index (Phi) is 5.88. The minimum atomic E-state index is -4.51. The molecule has 0 saturated heterocycles. The van der Waals surface area contributed by atoms with Gasteiger partial charge in [-0.05, 0) is 30.3 Å². The number of halogens is 3. The molecule has 0 spiro atoms. The van der Waals surface area contributed by atoms with E-state index >= 15 is 0 Å². The number of hydrazine groups is 1. The van der Waals surface area contributed by atoms with Gasteiger partial charge in [-0.3, -0.25) is 15.6 Å². The summed E-state index contributed by atoms with van der Waals surface area (Å²) in [6, 6.07) is 11.8. The van der Waals surface area contributed by atoms with Crippen molar-refractivity contribution in [2.24, 2.45) is 0 Å². The van der Waals surface area contributed by atoms with E-state index in [0.717, 1.165) is 16.4 Å². The molecule has 10 heteroatoms. The van der Waals surface area contributed by atoms with E-state index < -0.39 is 34.2 Å². The van der Waals surface area contributed by atoms with E-state index in [9.17, 15) is 26.4 Å². The number of hydrogen-bond donors (Lipinski definition) is 2. The van der Waals surface area contributed by atoms with Crippen molar-refractivity contribution in [2.45, 2.75) is 11.1 Å². The van der Waals surface area contributed by atoms with Crippen molar-refractivity contribution < 1.29 is 26.4 Å². The lowest BCUT2D eigenvalue weighted by Crippen LogP contribution is -2.40. The molecule has 140 valence electrons. The minimum absolute atomic E-state index is 0.0155. The molecular formula is C16H16F3N3O3S. The maximum Gasteiger partial charge on any atom is 0.416 e. The average molecular weight is 387 g/mol. The summed E-state index contributed by atoms with van der Waals surface area (Å²) in [5.74, 6) is -0.732. The monoisotopic (exact) mass is 387 g/mol. The van der Waals surface area contributed by atoms with Crippen LogP contribution in [0.5, 0.6) is 0 Å². The SMILES string of the molecule is CN(CC(=O)NNc1cccc(C(F)(F)F)c1)S(=O)(=O)c1ccccc1. The van der Waals surface area contributed by atoms with Gasteiger partial charge in [-0.25, -0.2) is 8.42 Å². The van der Waals surface area contributed by atoms with Crippen LogP contribution in [0.15, 0.2) is 59.5 Å². The van der Waals surface area contributed by atoms with E-state index in [1.165, 1.54) is 31.3 Å². The first-order chi connectivity index (χ1) is 12.1. The molecule has 1 amide bonds. The minimum Gasteiger partial charge on any atom is -0.299 e. The zero-order valence-electron chi connectivity index (χ0n) is 13.6. The molecule has 0 heterocycles. The molecule has 0 radical (unpaired) electrons. The van der Waals surface area contributed by atoms with E-state index in [1.807, 2.05) is 0 Å². The zero-order valence-corrected chi connectivity index (χ0v) is 14.4. The third-order valence-electron chi connectivity index (χ3n) is 3.35. The van der Waals surface area contributed by atoms with E-state index in [2.05, 4.69) is 10.9 Å². The Morgan fingerprint density at radius 1 is 1.08 bits per heavy atom. The van der Waals surface area contributed by atoms with Gasteiger partial charge in [-0.1, -0.05) is 24.3 Å². The summed E-state index contributed by atoms with van der Waals surface area (Å²) >= 11 is 0. The van der Waals surface area contributed by atoms with Crippen LogP contribution in [0, 0.1) is 0 Å². The van der Waals surface area contributed by atoms with Gasteiger partial charge in [0.2, 0.25) is 10.0 Å². The number of benzene rings is 2. The standard InChI is InChI=1S/C16H16F3N3O3S/c1-22(26(24,25)14-8-3-2-4-9-14)11-15(23)21-20-13-7-5-6-12(10-13)16(17,18)19/h2-10,20H,11H2,1H3,(H,21,23). The number of carbonyl (C=O) groups excluding carboxylic acids is 1. The van der Waals surface area contributed by atoms with Crippen molar-refractivity contribution in [1.29, 1.82) is 0 Å². The molecule has 0 bridgehead atoms. The van der Waals surface area contributed by atoms with Gasteiger partial charge < -0.3 is 0 Å². The van der Waals surface area contributed by atoms with Crippen molar-refractivity contribution in [1.82, 2.24) is 9.73 Å². The summed E-state index contributed by atoms with van der Waals surface area (Å²) in [5, 5.41) is 0. The molecule has 0 saturated carbocycles. The van der Waals surface area contributed by atoms with Crippen molar-refractivity contribution >= 4 is 21.6 Å². The number of amides is 1. The first-order valence-electron chi connectivity index (χ1n) is 7.34. The summed E-state index contributed by atoms with van der Waals surface area (Å²) in [4.78, 5) is 11.9. The first kappa shape index (κ1) is 19.7. The molecule has 0 aliphatic rings. The lowest BCUT2D eigenvalue weighted by atomic mass is 10.2. The van der Waals surface area contributed by atoms with Crippen molar-refractivity contribution in [2.75, 3.05) is 19.0 Å². The predicted molar refractivity (Wildman–Crippen MR) is 89.5 cm³/mol. The molecule has 26 heavy (non-hydrogen) atoms. The normalized spacial score (nSPS) is 12.0. The molecule has 0 aromatic heterocycles. The van der Waals surface area contributed by atoms with Gasteiger partial charge in [-0.2, -0.15) is 17.5 Å². The molecule has 0 atom stereocenters. The highest BCUT2D eigenvalue weighted by molar-refractivity contribution is 7.89. The summed E-state index contributed by atoms with van der Waals surface area (Å²) in [6.45, 7) is -0.511. The molecular weight excluding hydrogens is 371 g/mol. The predicted octanol–water partition coefficient (Wildman–Crippen LogP) is 2.47. The van der Waals surface area contributed by atoms with E-state index in [0.29, 0.717) is 0 Å². The maximum atomic E-state index is 12.6. The molecule has 6 nitrogen and oxygen atoms in total.